The zero-order valence-corrected chi connectivity index (χ0v) is 14.2. The number of benzene rings is 2. The van der Waals surface area contributed by atoms with E-state index in [2.05, 4.69) is 5.32 Å². The van der Waals surface area contributed by atoms with Gasteiger partial charge in [-0.05, 0) is 30.3 Å². The lowest BCUT2D eigenvalue weighted by molar-refractivity contribution is -0.116. The Morgan fingerprint density at radius 2 is 1.83 bits per heavy atom. The van der Waals surface area contributed by atoms with E-state index in [0.717, 1.165) is 0 Å². The summed E-state index contributed by atoms with van der Waals surface area (Å²) in [6, 6.07) is 11.8. The molecule has 6 heteroatoms. The minimum absolute atomic E-state index is 0.0700. The van der Waals surface area contributed by atoms with Gasteiger partial charge in [0.15, 0.2) is 5.78 Å². The first-order chi connectivity index (χ1) is 11.5. The van der Waals surface area contributed by atoms with Crippen molar-refractivity contribution in [2.45, 2.75) is 12.8 Å². The predicted molar refractivity (Wildman–Crippen MR) is 93.2 cm³/mol. The summed E-state index contributed by atoms with van der Waals surface area (Å²) < 4.78 is 10.3. The molecule has 1 amide bonds. The molecule has 0 radical (unpaired) electrons. The van der Waals surface area contributed by atoms with Crippen LogP contribution in [0.15, 0.2) is 42.5 Å². The summed E-state index contributed by atoms with van der Waals surface area (Å²) in [4.78, 5) is 24.3. The number of halogens is 1. The molecule has 0 fully saturated rings. The second-order valence-electron chi connectivity index (χ2n) is 5.05. The van der Waals surface area contributed by atoms with Gasteiger partial charge in [-0.3, -0.25) is 9.59 Å². The Kier molecular flexibility index (Phi) is 6.21. The van der Waals surface area contributed by atoms with Crippen molar-refractivity contribution < 1.29 is 19.1 Å². The maximum Gasteiger partial charge on any atom is 0.224 e. The van der Waals surface area contributed by atoms with E-state index in [4.69, 9.17) is 21.1 Å². The number of carbonyl (C=O) groups excluding carboxylic acids is 2. The first-order valence-electron chi connectivity index (χ1n) is 7.34. The number of anilines is 1. The molecule has 1 N–H and O–H groups in total. The van der Waals surface area contributed by atoms with Gasteiger partial charge in [-0.1, -0.05) is 17.7 Å². The Morgan fingerprint density at radius 1 is 1.04 bits per heavy atom. The zero-order chi connectivity index (χ0) is 17.5. The molecule has 0 bridgehead atoms. The number of carbonyl (C=O) groups is 2. The van der Waals surface area contributed by atoms with Gasteiger partial charge in [0.2, 0.25) is 5.91 Å². The third kappa shape index (κ3) is 4.73. The van der Waals surface area contributed by atoms with Gasteiger partial charge < -0.3 is 14.8 Å². The second kappa shape index (κ2) is 8.36. The molecule has 0 saturated carbocycles. The van der Waals surface area contributed by atoms with Crippen molar-refractivity contribution >= 4 is 29.0 Å². The van der Waals surface area contributed by atoms with Crippen LogP contribution in [0.5, 0.6) is 11.5 Å². The summed E-state index contributed by atoms with van der Waals surface area (Å²) in [7, 11) is 3.02. The van der Waals surface area contributed by atoms with E-state index in [9.17, 15) is 9.59 Å². The third-order valence-electron chi connectivity index (χ3n) is 3.40. The maximum atomic E-state index is 12.3. The molecule has 0 aliphatic rings. The van der Waals surface area contributed by atoms with E-state index in [1.54, 1.807) is 42.5 Å². The SMILES string of the molecule is COc1ccc(C(=O)CCC(=O)Nc2cccc(Cl)c2)c(OC)c1. The molecular weight excluding hydrogens is 330 g/mol. The van der Waals surface area contributed by atoms with Crippen LogP contribution in [-0.2, 0) is 4.79 Å². The van der Waals surface area contributed by atoms with E-state index in [0.29, 0.717) is 27.8 Å². The number of amides is 1. The lowest BCUT2D eigenvalue weighted by atomic mass is 10.0. The molecule has 2 aromatic carbocycles. The van der Waals surface area contributed by atoms with Crippen LogP contribution in [0.25, 0.3) is 0 Å². The van der Waals surface area contributed by atoms with Crippen molar-refractivity contribution in [1.29, 1.82) is 0 Å². The molecule has 0 heterocycles. The summed E-state index contributed by atoms with van der Waals surface area (Å²) in [5.74, 6) is 0.602. The number of rotatable bonds is 7. The van der Waals surface area contributed by atoms with Gasteiger partial charge in [0, 0.05) is 29.6 Å². The van der Waals surface area contributed by atoms with Gasteiger partial charge >= 0.3 is 0 Å². The van der Waals surface area contributed by atoms with Crippen molar-refractivity contribution in [2.24, 2.45) is 0 Å². The quantitative estimate of drug-likeness (QED) is 0.770. The van der Waals surface area contributed by atoms with Gasteiger partial charge in [-0.25, -0.2) is 0 Å². The average Bonchev–Trinajstić information content (AvgIpc) is 2.59. The fourth-order valence-electron chi connectivity index (χ4n) is 2.18. The number of ketones is 1. The van der Waals surface area contributed by atoms with Gasteiger partial charge in [-0.2, -0.15) is 0 Å². The second-order valence-corrected chi connectivity index (χ2v) is 5.48. The van der Waals surface area contributed by atoms with Crippen LogP contribution in [0.1, 0.15) is 23.2 Å². The molecule has 2 aromatic rings. The first-order valence-corrected chi connectivity index (χ1v) is 7.72. The summed E-state index contributed by atoms with van der Waals surface area (Å²) >= 11 is 5.86. The number of nitrogens with one attached hydrogen (secondary N) is 1. The van der Waals surface area contributed by atoms with E-state index >= 15 is 0 Å². The van der Waals surface area contributed by atoms with Gasteiger partial charge in [0.25, 0.3) is 0 Å². The van der Waals surface area contributed by atoms with Crippen molar-refractivity contribution in [3.05, 3.63) is 53.1 Å². The lowest BCUT2D eigenvalue weighted by Crippen LogP contribution is -2.13. The van der Waals surface area contributed by atoms with Gasteiger partial charge in [0.05, 0.1) is 19.8 Å². The van der Waals surface area contributed by atoms with E-state index in [-0.39, 0.29) is 24.5 Å². The molecule has 0 aromatic heterocycles. The van der Waals surface area contributed by atoms with Gasteiger partial charge in [-0.15, -0.1) is 0 Å². The molecule has 0 unspecified atom stereocenters. The normalized spacial score (nSPS) is 10.1. The van der Waals surface area contributed by atoms with Crippen molar-refractivity contribution in [1.82, 2.24) is 0 Å². The predicted octanol–water partition coefficient (Wildman–Crippen LogP) is 3.96. The molecule has 0 aliphatic carbocycles. The molecule has 5 nitrogen and oxygen atoms in total. The molecule has 0 aliphatic heterocycles. The smallest absolute Gasteiger partial charge is 0.224 e. The van der Waals surface area contributed by atoms with E-state index in [1.807, 2.05) is 0 Å². The Morgan fingerprint density at radius 3 is 2.50 bits per heavy atom. The van der Waals surface area contributed by atoms with Crippen molar-refractivity contribution in [2.75, 3.05) is 19.5 Å². The monoisotopic (exact) mass is 347 g/mol. The van der Waals surface area contributed by atoms with Gasteiger partial charge in [0.1, 0.15) is 11.5 Å². The van der Waals surface area contributed by atoms with E-state index < -0.39 is 0 Å². The Labute approximate surface area is 145 Å². The highest BCUT2D eigenvalue weighted by atomic mass is 35.5. The van der Waals surface area contributed by atoms with Crippen molar-refractivity contribution in [3.8, 4) is 11.5 Å². The summed E-state index contributed by atoms with van der Waals surface area (Å²) in [6.45, 7) is 0. The van der Waals surface area contributed by atoms with Crippen LogP contribution in [0.4, 0.5) is 5.69 Å². The number of hydrogen-bond donors (Lipinski definition) is 1. The minimum atomic E-state index is -0.252. The summed E-state index contributed by atoms with van der Waals surface area (Å²) in [5.41, 5.74) is 1.02. The topological polar surface area (TPSA) is 64.6 Å². The number of Topliss-reactive ketones (excluding diaryl/α,β-unsaturated/α-hetero) is 1. The first kappa shape index (κ1) is 17.8. The number of hydrogen-bond acceptors (Lipinski definition) is 4. The third-order valence-corrected chi connectivity index (χ3v) is 3.63. The van der Waals surface area contributed by atoms with Crippen molar-refractivity contribution in [3.63, 3.8) is 0 Å². The number of ether oxygens (including phenoxy) is 2. The number of methoxy groups -OCH3 is 2. The molecule has 0 atom stereocenters. The maximum absolute atomic E-state index is 12.3. The molecule has 0 saturated heterocycles. The molecule has 24 heavy (non-hydrogen) atoms. The molecule has 126 valence electrons. The van der Waals surface area contributed by atoms with Crippen LogP contribution in [0, 0.1) is 0 Å². The lowest BCUT2D eigenvalue weighted by Gasteiger charge is -2.10. The Bertz CT molecular complexity index is 746. The molecule has 0 spiro atoms. The highest BCUT2D eigenvalue weighted by Crippen LogP contribution is 2.26. The largest absolute Gasteiger partial charge is 0.497 e. The summed E-state index contributed by atoms with van der Waals surface area (Å²) in [6.07, 6.45) is 0.148. The van der Waals surface area contributed by atoms with E-state index in [1.165, 1.54) is 14.2 Å². The van der Waals surface area contributed by atoms with Crippen LogP contribution >= 0.6 is 11.6 Å². The molecule has 2 rings (SSSR count). The minimum Gasteiger partial charge on any atom is -0.497 e. The Balaban J connectivity index is 1.96. The standard InChI is InChI=1S/C18H18ClNO4/c1-23-14-6-7-15(17(11-14)24-2)16(21)8-9-18(22)20-13-5-3-4-12(19)10-13/h3-7,10-11H,8-9H2,1-2H3,(H,20,22). The van der Waals surface area contributed by atoms with Crippen LogP contribution in [0.3, 0.4) is 0 Å². The average molecular weight is 348 g/mol. The highest BCUT2D eigenvalue weighted by Gasteiger charge is 2.15. The Hall–Kier alpha value is -2.53. The molecular formula is C18H18ClNO4. The van der Waals surface area contributed by atoms with Crippen LogP contribution in [0.2, 0.25) is 5.02 Å². The fraction of sp³-hybridized carbons (Fsp3) is 0.222. The zero-order valence-electron chi connectivity index (χ0n) is 13.5. The fourth-order valence-corrected chi connectivity index (χ4v) is 2.37. The highest BCUT2D eigenvalue weighted by molar-refractivity contribution is 6.30. The van der Waals surface area contributed by atoms with Crippen LogP contribution in [-0.4, -0.2) is 25.9 Å². The summed E-state index contributed by atoms with van der Waals surface area (Å²) in [5, 5.41) is 3.24. The van der Waals surface area contributed by atoms with Crippen LogP contribution < -0.4 is 14.8 Å².